The Labute approximate surface area is 229 Å². The SMILES string of the molecule is CC.C[NH2+]C1[C@H](O)OC(CO)[C@@H](O)[C@H]1CO[C@@H]1OC(C(=O)OCOC(=O)c2cc(N)ccc2O)[C@@H](O)[C@@H](O)C1O. The number of carbonyl (C=O) groups excluding carboxylic acids is 2. The summed E-state index contributed by atoms with van der Waals surface area (Å²) in [6.07, 6.45) is -13.0. The van der Waals surface area contributed by atoms with E-state index < -0.39 is 92.3 Å². The number of quaternary nitrogens is 1. The maximum atomic E-state index is 12.5. The van der Waals surface area contributed by atoms with Crippen LogP contribution >= 0.6 is 0 Å². The number of likely N-dealkylation sites (N-methyl/N-ethyl adjacent to an activating group) is 1. The molecule has 16 nitrogen and oxygen atoms in total. The van der Waals surface area contributed by atoms with Gasteiger partial charge in [-0.25, -0.2) is 9.59 Å². The largest absolute Gasteiger partial charge is 0.507 e. The first kappa shape index (κ1) is 33.6. The zero-order valence-electron chi connectivity index (χ0n) is 22.3. The Morgan fingerprint density at radius 2 is 1.68 bits per heavy atom. The Hall–Kier alpha value is -2.64. The van der Waals surface area contributed by atoms with Gasteiger partial charge in [0, 0.05) is 5.69 Å². The third-order valence-corrected chi connectivity index (χ3v) is 6.41. The zero-order valence-corrected chi connectivity index (χ0v) is 22.3. The first-order chi connectivity index (χ1) is 19.0. The number of aliphatic hydroxyl groups is 6. The van der Waals surface area contributed by atoms with Gasteiger partial charge < -0.3 is 70.5 Å². The molecule has 0 aromatic heterocycles. The topological polar surface area (TPSA) is 265 Å². The zero-order chi connectivity index (χ0) is 30.1. The minimum absolute atomic E-state index is 0.168. The van der Waals surface area contributed by atoms with Crippen molar-refractivity contribution in [2.75, 3.05) is 32.8 Å². The predicted molar refractivity (Wildman–Crippen MR) is 132 cm³/mol. The van der Waals surface area contributed by atoms with Crippen molar-refractivity contribution < 1.29 is 74.3 Å². The highest BCUT2D eigenvalue weighted by atomic mass is 16.7. The molecule has 2 fully saturated rings. The highest BCUT2D eigenvalue weighted by Gasteiger charge is 2.50. The molecule has 4 unspecified atom stereocenters. The van der Waals surface area contributed by atoms with Crippen LogP contribution < -0.4 is 11.1 Å². The van der Waals surface area contributed by atoms with Crippen LogP contribution in [0.3, 0.4) is 0 Å². The van der Waals surface area contributed by atoms with E-state index >= 15 is 0 Å². The number of aliphatic hydroxyl groups excluding tert-OH is 6. The van der Waals surface area contributed by atoms with Crippen molar-refractivity contribution in [3.8, 4) is 5.75 Å². The lowest BCUT2D eigenvalue weighted by atomic mass is 9.88. The molecule has 40 heavy (non-hydrogen) atoms. The van der Waals surface area contributed by atoms with Crippen molar-refractivity contribution in [2.24, 2.45) is 5.92 Å². The van der Waals surface area contributed by atoms with Crippen molar-refractivity contribution in [3.63, 3.8) is 0 Å². The van der Waals surface area contributed by atoms with E-state index in [2.05, 4.69) is 0 Å². The molecular weight excluding hydrogens is 540 g/mol. The second-order valence-corrected chi connectivity index (χ2v) is 8.83. The summed E-state index contributed by atoms with van der Waals surface area (Å²) in [7, 11) is 1.61. The van der Waals surface area contributed by atoms with Crippen LogP contribution in [-0.4, -0.2) is 130 Å². The fourth-order valence-electron chi connectivity index (χ4n) is 4.24. The van der Waals surface area contributed by atoms with E-state index in [0.29, 0.717) is 0 Å². The molecule has 3 rings (SSSR count). The van der Waals surface area contributed by atoms with Crippen molar-refractivity contribution in [1.82, 2.24) is 0 Å². The molecule has 1 aromatic carbocycles. The van der Waals surface area contributed by atoms with Crippen molar-refractivity contribution in [3.05, 3.63) is 23.8 Å². The monoisotopic (exact) mass is 579 g/mol. The van der Waals surface area contributed by atoms with Crippen LogP contribution in [0.4, 0.5) is 5.69 Å². The van der Waals surface area contributed by atoms with E-state index in [4.69, 9.17) is 29.4 Å². The summed E-state index contributed by atoms with van der Waals surface area (Å²) in [6.45, 7) is 2.08. The Morgan fingerprint density at radius 3 is 2.30 bits per heavy atom. The summed E-state index contributed by atoms with van der Waals surface area (Å²) >= 11 is 0. The minimum Gasteiger partial charge on any atom is -0.507 e. The van der Waals surface area contributed by atoms with Gasteiger partial charge >= 0.3 is 11.9 Å². The fourth-order valence-corrected chi connectivity index (χ4v) is 4.24. The molecule has 2 aliphatic rings. The first-order valence-corrected chi connectivity index (χ1v) is 12.7. The van der Waals surface area contributed by atoms with Crippen LogP contribution in [0.1, 0.15) is 24.2 Å². The average Bonchev–Trinajstić information content (AvgIpc) is 2.94. The molecule has 0 radical (unpaired) electrons. The van der Waals surface area contributed by atoms with Crippen molar-refractivity contribution >= 4 is 17.6 Å². The second-order valence-electron chi connectivity index (χ2n) is 8.83. The number of rotatable bonds is 9. The Morgan fingerprint density at radius 1 is 1.00 bits per heavy atom. The number of hydrogen-bond acceptors (Lipinski definition) is 15. The van der Waals surface area contributed by atoms with Gasteiger partial charge in [-0.05, 0) is 18.2 Å². The number of anilines is 1. The van der Waals surface area contributed by atoms with Crippen LogP contribution in [0.25, 0.3) is 0 Å². The number of ether oxygens (including phenoxy) is 5. The lowest BCUT2D eigenvalue weighted by Gasteiger charge is -2.42. The van der Waals surface area contributed by atoms with Crippen LogP contribution in [0, 0.1) is 5.92 Å². The molecule has 0 spiro atoms. The van der Waals surface area contributed by atoms with Gasteiger partial charge in [-0.3, -0.25) is 0 Å². The van der Waals surface area contributed by atoms with Crippen LogP contribution in [-0.2, 0) is 28.5 Å². The highest BCUT2D eigenvalue weighted by Crippen LogP contribution is 2.28. The highest BCUT2D eigenvalue weighted by molar-refractivity contribution is 5.93. The van der Waals surface area contributed by atoms with Crippen molar-refractivity contribution in [1.29, 1.82) is 0 Å². The summed E-state index contributed by atoms with van der Waals surface area (Å²) in [5, 5.41) is 72.1. The molecular formula is C24H39N2O14+. The summed E-state index contributed by atoms with van der Waals surface area (Å²) in [5.74, 6) is -3.60. The second kappa shape index (κ2) is 15.4. The molecule has 0 amide bonds. The number of phenolic OH excluding ortho intramolecular Hbond substituents is 1. The van der Waals surface area contributed by atoms with E-state index in [-0.39, 0.29) is 17.9 Å². The molecule has 1 aromatic rings. The van der Waals surface area contributed by atoms with Crippen LogP contribution in [0.15, 0.2) is 18.2 Å². The molecule has 16 heteroatoms. The molecule has 228 valence electrons. The summed E-state index contributed by atoms with van der Waals surface area (Å²) < 4.78 is 25.5. The van der Waals surface area contributed by atoms with E-state index in [0.717, 1.165) is 6.07 Å². The van der Waals surface area contributed by atoms with Gasteiger partial charge in [0.15, 0.2) is 12.4 Å². The van der Waals surface area contributed by atoms with Gasteiger partial charge in [-0.1, -0.05) is 13.8 Å². The number of carbonyl (C=O) groups is 2. The van der Waals surface area contributed by atoms with Gasteiger partial charge in [0.05, 0.1) is 32.3 Å². The molecule has 0 aliphatic carbocycles. The Kier molecular flexibility index (Phi) is 12.9. The number of nitrogens with two attached hydrogens (primary N) is 2. The molecule has 2 heterocycles. The number of hydrogen-bond donors (Lipinski definition) is 9. The number of esters is 2. The van der Waals surface area contributed by atoms with E-state index in [1.54, 1.807) is 12.4 Å². The fraction of sp³-hybridized carbons (Fsp3) is 0.667. The van der Waals surface area contributed by atoms with E-state index in [1.807, 2.05) is 13.8 Å². The van der Waals surface area contributed by atoms with Gasteiger partial charge in [0.1, 0.15) is 41.8 Å². The maximum absolute atomic E-state index is 12.5. The molecule has 2 aliphatic heterocycles. The minimum atomic E-state index is -1.95. The predicted octanol–water partition coefficient (Wildman–Crippen LogP) is -4.27. The molecule has 2 saturated heterocycles. The number of nitrogen functional groups attached to an aromatic ring is 1. The van der Waals surface area contributed by atoms with Gasteiger partial charge in [-0.2, -0.15) is 0 Å². The van der Waals surface area contributed by atoms with Crippen LogP contribution in [0.2, 0.25) is 0 Å². The first-order valence-electron chi connectivity index (χ1n) is 12.7. The van der Waals surface area contributed by atoms with E-state index in [9.17, 15) is 45.3 Å². The van der Waals surface area contributed by atoms with Gasteiger partial charge in [0.2, 0.25) is 13.1 Å². The number of aromatic hydroxyl groups is 1. The molecule has 10 atom stereocenters. The number of phenols is 1. The van der Waals surface area contributed by atoms with Gasteiger partial charge in [-0.15, -0.1) is 0 Å². The third kappa shape index (κ3) is 7.76. The Balaban J connectivity index is 0.00000274. The average molecular weight is 580 g/mol. The maximum Gasteiger partial charge on any atom is 0.344 e. The smallest absolute Gasteiger partial charge is 0.344 e. The molecule has 11 N–H and O–H groups in total. The third-order valence-electron chi connectivity index (χ3n) is 6.41. The standard InChI is InChI=1S/C22H32N2O14.C2H6/c1-24-13-10(14(27)12(5-25)37-20(13)32)6-34-22-17(30)15(28)16(29)18(38-22)21(33)36-7-35-19(31)9-4-8(23)2-3-11(9)26;1-2/h2-4,10,12-18,20,22,24-30,32H,5-7,23H2,1H3;1-2H3/p+1/t10-,12?,13?,14-,15+,16-,17?,18?,20+,22+;/m0./s1. The van der Waals surface area contributed by atoms with Crippen LogP contribution in [0.5, 0.6) is 5.75 Å². The summed E-state index contributed by atoms with van der Waals surface area (Å²) in [4.78, 5) is 24.6. The number of benzene rings is 1. The Bertz CT molecular complexity index is 968. The summed E-state index contributed by atoms with van der Waals surface area (Å²) in [5.41, 5.74) is 5.44. The van der Waals surface area contributed by atoms with Gasteiger partial charge in [0.25, 0.3) is 0 Å². The lowest BCUT2D eigenvalue weighted by Crippen LogP contribution is -2.93. The van der Waals surface area contributed by atoms with E-state index in [1.165, 1.54) is 12.1 Å². The molecule has 0 bridgehead atoms. The molecule has 0 saturated carbocycles. The summed E-state index contributed by atoms with van der Waals surface area (Å²) in [6, 6.07) is 2.93. The normalized spacial score (nSPS) is 33.8. The lowest BCUT2D eigenvalue weighted by molar-refractivity contribution is -0.694. The van der Waals surface area contributed by atoms with Crippen molar-refractivity contribution in [2.45, 2.75) is 69.1 Å². The quantitative estimate of drug-likeness (QED) is 0.0580.